The van der Waals surface area contributed by atoms with Crippen LogP contribution in [0, 0.1) is 0 Å². The van der Waals surface area contributed by atoms with Crippen LogP contribution in [0.2, 0.25) is 0 Å². The summed E-state index contributed by atoms with van der Waals surface area (Å²) in [4.78, 5) is 2.58. The van der Waals surface area contributed by atoms with Gasteiger partial charge in [-0.3, -0.25) is 0 Å². The van der Waals surface area contributed by atoms with Crippen molar-refractivity contribution in [3.8, 4) is 66.8 Å². The van der Waals surface area contributed by atoms with Crippen molar-refractivity contribution in [1.29, 1.82) is 0 Å². The number of fused-ring (bicyclic) bond motifs is 13. The highest BCUT2D eigenvalue weighted by Crippen LogP contribution is 2.66. The van der Waals surface area contributed by atoms with Gasteiger partial charge in [0.1, 0.15) is 0 Å². The summed E-state index contributed by atoms with van der Waals surface area (Å²) in [6.07, 6.45) is 0. The van der Waals surface area contributed by atoms with Crippen molar-refractivity contribution in [2.75, 3.05) is 4.90 Å². The van der Waals surface area contributed by atoms with E-state index in [-0.39, 0.29) is 5.41 Å². The maximum atomic E-state index is 2.58. The Hall–Kier alpha value is -8.00. The molecule has 10 aromatic rings. The van der Waals surface area contributed by atoms with Gasteiger partial charge in [0.15, 0.2) is 0 Å². The first-order chi connectivity index (χ1) is 32.0. The summed E-state index contributed by atoms with van der Waals surface area (Å²) in [5.74, 6) is 0. The first kappa shape index (κ1) is 37.5. The summed E-state index contributed by atoms with van der Waals surface area (Å²) in [5, 5.41) is 0. The van der Waals surface area contributed by atoms with Gasteiger partial charge in [-0.05, 0) is 119 Å². The smallest absolute Gasteiger partial charge is 0.0732 e. The monoisotopic (exact) mass is 827 g/mol. The van der Waals surface area contributed by atoms with E-state index in [9.17, 15) is 0 Å². The minimum atomic E-state index is -0.549. The molecule has 306 valence electrons. The third kappa shape index (κ3) is 5.33. The fourth-order valence-electron chi connectivity index (χ4n) is 11.9. The van der Waals surface area contributed by atoms with E-state index in [1.165, 1.54) is 100 Å². The molecule has 3 aliphatic carbocycles. The molecule has 1 nitrogen and oxygen atoms in total. The summed E-state index contributed by atoms with van der Waals surface area (Å²) in [6, 6.07) is 88.4. The molecular formula is C64H45N. The van der Waals surface area contributed by atoms with E-state index in [1.807, 2.05) is 0 Å². The number of rotatable bonds is 6. The van der Waals surface area contributed by atoms with E-state index in [2.05, 4.69) is 255 Å². The average molecular weight is 828 g/mol. The molecule has 0 aliphatic heterocycles. The first-order valence-electron chi connectivity index (χ1n) is 22.8. The minimum Gasteiger partial charge on any atom is -0.309 e. The molecule has 0 radical (unpaired) electrons. The van der Waals surface area contributed by atoms with Crippen LogP contribution < -0.4 is 4.90 Å². The van der Waals surface area contributed by atoms with Crippen LogP contribution in [0.5, 0.6) is 0 Å². The minimum absolute atomic E-state index is 0.173. The molecule has 0 N–H and O–H groups in total. The molecule has 1 spiro atoms. The highest BCUT2D eigenvalue weighted by molar-refractivity contribution is 6.04. The van der Waals surface area contributed by atoms with Gasteiger partial charge >= 0.3 is 0 Å². The second-order valence-corrected chi connectivity index (χ2v) is 18.3. The van der Waals surface area contributed by atoms with E-state index in [1.54, 1.807) is 0 Å². The first-order valence-corrected chi connectivity index (χ1v) is 22.8. The van der Waals surface area contributed by atoms with Crippen LogP contribution in [0.3, 0.4) is 0 Å². The molecule has 0 heterocycles. The van der Waals surface area contributed by atoms with Gasteiger partial charge in [-0.2, -0.15) is 0 Å². The molecule has 0 aromatic heterocycles. The second kappa shape index (κ2) is 14.3. The summed E-state index contributed by atoms with van der Waals surface area (Å²) >= 11 is 0. The molecule has 0 saturated heterocycles. The van der Waals surface area contributed by atoms with Gasteiger partial charge in [-0.25, -0.2) is 0 Å². The molecule has 3 aliphatic rings. The molecule has 10 aromatic carbocycles. The zero-order chi connectivity index (χ0) is 43.3. The van der Waals surface area contributed by atoms with Crippen molar-refractivity contribution >= 4 is 17.1 Å². The van der Waals surface area contributed by atoms with E-state index in [4.69, 9.17) is 0 Å². The molecule has 0 bridgehead atoms. The summed E-state index contributed by atoms with van der Waals surface area (Å²) < 4.78 is 0. The third-order valence-electron chi connectivity index (χ3n) is 14.7. The molecule has 65 heavy (non-hydrogen) atoms. The van der Waals surface area contributed by atoms with Crippen LogP contribution in [-0.2, 0) is 10.8 Å². The Kier molecular flexibility index (Phi) is 8.24. The molecule has 0 saturated carbocycles. The van der Waals surface area contributed by atoms with Crippen LogP contribution in [-0.4, -0.2) is 0 Å². The summed E-state index contributed by atoms with van der Waals surface area (Å²) in [7, 11) is 0. The summed E-state index contributed by atoms with van der Waals surface area (Å²) in [5.41, 5.74) is 25.8. The standard InChI is InChI=1S/C64H45N/c1-63(2)54-31-15-12-26-48(54)50-38-37-46(41-58(50)63)65(59-39-36-45(42-20-6-3-7-21-42)40-53(59)44-24-10-5-11-25-44)60-35-19-34-57-61(60)52-28-14-17-33-56(52)64(57)55-32-16-13-27-49(55)51-30-18-29-47(62(51)64)43-22-8-4-9-23-43/h3-41H,1-2H3. The van der Waals surface area contributed by atoms with Crippen molar-refractivity contribution < 1.29 is 0 Å². The predicted octanol–water partition coefficient (Wildman–Crippen LogP) is 16.8. The number of anilines is 3. The Morgan fingerprint density at radius 2 is 0.800 bits per heavy atom. The molecule has 1 heteroatoms. The lowest BCUT2D eigenvalue weighted by Gasteiger charge is -2.34. The Bertz CT molecular complexity index is 3510. The van der Waals surface area contributed by atoms with Crippen LogP contribution in [0.1, 0.15) is 47.2 Å². The highest BCUT2D eigenvalue weighted by atomic mass is 15.1. The van der Waals surface area contributed by atoms with E-state index >= 15 is 0 Å². The molecule has 13 rings (SSSR count). The fourth-order valence-corrected chi connectivity index (χ4v) is 11.9. The SMILES string of the molecule is CC1(C)c2ccccc2-c2ccc(N(c3ccc(-c4ccccc4)cc3-c3ccccc3)c3cccc4c3-c3ccccc3C43c4ccccc4-c4cccc(-c5ccccc5)c43)cc21. The van der Waals surface area contributed by atoms with Gasteiger partial charge in [0.2, 0.25) is 0 Å². The summed E-state index contributed by atoms with van der Waals surface area (Å²) in [6.45, 7) is 4.77. The molecule has 1 atom stereocenters. The number of hydrogen-bond acceptors (Lipinski definition) is 1. The van der Waals surface area contributed by atoms with E-state index < -0.39 is 5.41 Å². The maximum Gasteiger partial charge on any atom is 0.0732 e. The number of nitrogens with zero attached hydrogens (tertiary/aromatic N) is 1. The zero-order valence-electron chi connectivity index (χ0n) is 36.5. The lowest BCUT2D eigenvalue weighted by molar-refractivity contribution is 0.660. The maximum absolute atomic E-state index is 2.58. The quantitative estimate of drug-likeness (QED) is 0.161. The largest absolute Gasteiger partial charge is 0.309 e. The van der Waals surface area contributed by atoms with Crippen molar-refractivity contribution in [2.24, 2.45) is 0 Å². The fraction of sp³-hybridized carbons (Fsp3) is 0.0625. The van der Waals surface area contributed by atoms with Crippen LogP contribution in [0.25, 0.3) is 66.8 Å². The Balaban J connectivity index is 1.13. The van der Waals surface area contributed by atoms with Crippen LogP contribution in [0.4, 0.5) is 17.1 Å². The van der Waals surface area contributed by atoms with Crippen molar-refractivity contribution in [2.45, 2.75) is 24.7 Å². The predicted molar refractivity (Wildman–Crippen MR) is 271 cm³/mol. The molecular weight excluding hydrogens is 783 g/mol. The van der Waals surface area contributed by atoms with Gasteiger partial charge in [0, 0.05) is 22.2 Å². The van der Waals surface area contributed by atoms with Crippen LogP contribution in [0.15, 0.2) is 237 Å². The van der Waals surface area contributed by atoms with Gasteiger partial charge in [-0.1, -0.05) is 220 Å². The van der Waals surface area contributed by atoms with Crippen LogP contribution >= 0.6 is 0 Å². The number of hydrogen-bond donors (Lipinski definition) is 0. The van der Waals surface area contributed by atoms with Gasteiger partial charge in [0.25, 0.3) is 0 Å². The lowest BCUT2D eigenvalue weighted by Crippen LogP contribution is -2.26. The average Bonchev–Trinajstić information content (AvgIpc) is 3.94. The van der Waals surface area contributed by atoms with E-state index in [0.29, 0.717) is 0 Å². The molecule has 0 fully saturated rings. The van der Waals surface area contributed by atoms with Crippen molar-refractivity contribution in [3.63, 3.8) is 0 Å². The third-order valence-corrected chi connectivity index (χ3v) is 14.7. The van der Waals surface area contributed by atoms with Gasteiger partial charge in [-0.15, -0.1) is 0 Å². The highest BCUT2D eigenvalue weighted by Gasteiger charge is 2.53. The molecule has 1 unspecified atom stereocenters. The zero-order valence-corrected chi connectivity index (χ0v) is 36.5. The Morgan fingerprint density at radius 1 is 0.292 bits per heavy atom. The second-order valence-electron chi connectivity index (χ2n) is 18.3. The van der Waals surface area contributed by atoms with Gasteiger partial charge < -0.3 is 4.90 Å². The topological polar surface area (TPSA) is 3.24 Å². The normalized spacial score (nSPS) is 15.4. The van der Waals surface area contributed by atoms with Crippen molar-refractivity contribution in [3.05, 3.63) is 270 Å². The molecule has 0 amide bonds. The van der Waals surface area contributed by atoms with E-state index in [0.717, 1.165) is 17.1 Å². The Labute approximate surface area is 381 Å². The Morgan fingerprint density at radius 3 is 1.51 bits per heavy atom. The van der Waals surface area contributed by atoms with Gasteiger partial charge in [0.05, 0.1) is 16.8 Å². The number of benzene rings is 10. The van der Waals surface area contributed by atoms with Crippen molar-refractivity contribution in [1.82, 2.24) is 0 Å². The lowest BCUT2D eigenvalue weighted by atomic mass is 9.68.